The Kier molecular flexibility index (Phi) is 7.03. The molecule has 0 bridgehead atoms. The molecule has 8 heteroatoms. The van der Waals surface area contributed by atoms with Crippen LogP contribution in [-0.2, 0) is 11.2 Å². The average molecular weight is 453 g/mol. The fourth-order valence-corrected chi connectivity index (χ4v) is 4.47. The quantitative estimate of drug-likeness (QED) is 0.754. The highest BCUT2D eigenvalue weighted by molar-refractivity contribution is 6.14. The van der Waals surface area contributed by atoms with Gasteiger partial charge < -0.3 is 24.4 Å². The summed E-state index contributed by atoms with van der Waals surface area (Å²) in [5, 5.41) is 8.93. The molecule has 2 aromatic rings. The fourth-order valence-electron chi connectivity index (χ4n) is 4.47. The van der Waals surface area contributed by atoms with E-state index in [1.807, 2.05) is 12.1 Å². The highest BCUT2D eigenvalue weighted by Gasteiger charge is 2.24. The maximum Gasteiger partial charge on any atom is 0.337 e. The lowest BCUT2D eigenvalue weighted by Crippen LogP contribution is -2.36. The molecule has 0 unspecified atom stereocenters. The van der Waals surface area contributed by atoms with Gasteiger partial charge in [-0.1, -0.05) is 12.1 Å². The van der Waals surface area contributed by atoms with Crippen molar-refractivity contribution >= 4 is 17.4 Å². The van der Waals surface area contributed by atoms with Crippen molar-refractivity contribution in [1.29, 1.82) is 0 Å². The first-order valence-electron chi connectivity index (χ1n) is 11.3. The van der Waals surface area contributed by atoms with Crippen LogP contribution in [-0.4, -0.2) is 70.9 Å². The summed E-state index contributed by atoms with van der Waals surface area (Å²) in [6.07, 6.45) is 3.06. The predicted octanol–water partition coefficient (Wildman–Crippen LogP) is 3.27. The molecule has 33 heavy (non-hydrogen) atoms. The van der Waals surface area contributed by atoms with Crippen LogP contribution in [0, 0.1) is 0 Å². The zero-order valence-corrected chi connectivity index (χ0v) is 19.8. The molecular weight excluding hydrogens is 420 g/mol. The first-order valence-corrected chi connectivity index (χ1v) is 11.3. The first-order chi connectivity index (χ1) is 16.1. The molecule has 1 fully saturated rings. The van der Waals surface area contributed by atoms with Crippen LogP contribution in [0.3, 0.4) is 0 Å². The molecule has 2 aliphatic heterocycles. The molecule has 0 aliphatic carbocycles. The largest absolute Gasteiger partial charge is 0.493 e. The molecule has 0 saturated carbocycles. The van der Waals surface area contributed by atoms with Gasteiger partial charge in [-0.15, -0.1) is 0 Å². The molecule has 2 heterocycles. The van der Waals surface area contributed by atoms with E-state index in [9.17, 15) is 4.79 Å². The van der Waals surface area contributed by atoms with E-state index in [1.54, 1.807) is 28.4 Å². The van der Waals surface area contributed by atoms with Gasteiger partial charge in [0, 0.05) is 44.1 Å². The van der Waals surface area contributed by atoms with E-state index in [4.69, 9.17) is 19.3 Å². The Balaban J connectivity index is 1.70. The Labute approximate surface area is 195 Å². The van der Waals surface area contributed by atoms with Gasteiger partial charge in [-0.3, -0.25) is 0 Å². The van der Waals surface area contributed by atoms with Crippen LogP contribution < -0.4 is 19.7 Å². The zero-order chi connectivity index (χ0) is 23.4. The van der Waals surface area contributed by atoms with Crippen LogP contribution in [0.25, 0.3) is 0 Å². The van der Waals surface area contributed by atoms with Gasteiger partial charge in [0.25, 0.3) is 0 Å². The number of fused-ring (bicyclic) bond motifs is 1. The molecule has 4 rings (SSSR count). The van der Waals surface area contributed by atoms with Crippen molar-refractivity contribution in [3.8, 4) is 11.5 Å². The Bertz CT molecular complexity index is 1010. The van der Waals surface area contributed by atoms with Crippen LogP contribution in [0.1, 0.15) is 29.5 Å². The molecular formula is C25H32N4O4. The predicted molar refractivity (Wildman–Crippen MR) is 129 cm³/mol. The number of hydrazone groups is 1. The minimum absolute atomic E-state index is 0.239. The van der Waals surface area contributed by atoms with Crippen molar-refractivity contribution in [3.05, 3.63) is 53.1 Å². The summed E-state index contributed by atoms with van der Waals surface area (Å²) in [7, 11) is 6.65. The third kappa shape index (κ3) is 4.75. The number of methoxy groups -OCH3 is 3. The monoisotopic (exact) mass is 452 g/mol. The lowest BCUT2D eigenvalue weighted by molar-refractivity contribution is 0.0819. The Morgan fingerprint density at radius 1 is 1.00 bits per heavy atom. The Morgan fingerprint density at radius 3 is 2.27 bits per heavy atom. The molecule has 2 amide bonds. The second-order valence-corrected chi connectivity index (χ2v) is 8.21. The molecule has 8 nitrogen and oxygen atoms in total. The van der Waals surface area contributed by atoms with Gasteiger partial charge in [0.1, 0.15) is 0 Å². The maximum absolute atomic E-state index is 12.4. The van der Waals surface area contributed by atoms with Crippen LogP contribution >= 0.6 is 0 Å². The molecule has 1 saturated heterocycles. The van der Waals surface area contributed by atoms with Gasteiger partial charge in [0.2, 0.25) is 0 Å². The van der Waals surface area contributed by atoms with Gasteiger partial charge in [-0.2, -0.15) is 5.10 Å². The van der Waals surface area contributed by atoms with Crippen molar-refractivity contribution in [3.63, 3.8) is 0 Å². The SMILES string of the molecule is CNC(=O)N1CCc2cc(OC)c(OC)cc2C(c2ccc(N3CCC(OC)CC3)cc2)=N1. The third-order valence-corrected chi connectivity index (χ3v) is 6.41. The van der Waals surface area contributed by atoms with E-state index in [1.165, 1.54) is 10.7 Å². The van der Waals surface area contributed by atoms with Crippen molar-refractivity contribution in [2.45, 2.75) is 25.4 Å². The summed E-state index contributed by atoms with van der Waals surface area (Å²) < 4.78 is 16.5. The number of piperidine rings is 1. The average Bonchev–Trinajstić information content (AvgIpc) is 3.07. The smallest absolute Gasteiger partial charge is 0.337 e. The minimum Gasteiger partial charge on any atom is -0.493 e. The number of hydrogen-bond donors (Lipinski definition) is 1. The lowest BCUT2D eigenvalue weighted by Gasteiger charge is -2.33. The number of rotatable bonds is 5. The zero-order valence-electron chi connectivity index (χ0n) is 19.8. The molecule has 0 atom stereocenters. The van der Waals surface area contributed by atoms with E-state index >= 15 is 0 Å². The molecule has 2 aromatic carbocycles. The second-order valence-electron chi connectivity index (χ2n) is 8.21. The number of hydrogen-bond acceptors (Lipinski definition) is 6. The van der Waals surface area contributed by atoms with Crippen molar-refractivity contribution in [2.75, 3.05) is 52.9 Å². The number of urea groups is 1. The van der Waals surface area contributed by atoms with Crippen LogP contribution in [0.4, 0.5) is 10.5 Å². The Hall–Kier alpha value is -3.26. The number of ether oxygens (including phenoxy) is 3. The van der Waals surface area contributed by atoms with E-state index in [-0.39, 0.29) is 6.03 Å². The summed E-state index contributed by atoms with van der Waals surface area (Å²) in [5.74, 6) is 1.30. The molecule has 0 aromatic heterocycles. The standard InChI is InChI=1S/C25H32N4O4/c1-26-25(30)29-14-9-18-15-22(32-3)23(33-4)16-21(18)24(27-29)17-5-7-19(8-6-17)28-12-10-20(31-2)11-13-28/h5-8,15-16,20H,9-14H2,1-4H3,(H,26,30). The van der Waals surface area contributed by atoms with E-state index in [0.717, 1.165) is 48.3 Å². The van der Waals surface area contributed by atoms with Crippen LogP contribution in [0.5, 0.6) is 11.5 Å². The number of benzene rings is 2. The number of carbonyl (C=O) groups is 1. The van der Waals surface area contributed by atoms with Gasteiger partial charge in [-0.05, 0) is 49.1 Å². The topological polar surface area (TPSA) is 75.6 Å². The first kappa shape index (κ1) is 22.9. The number of nitrogens with one attached hydrogen (secondary N) is 1. The molecule has 176 valence electrons. The highest BCUT2D eigenvalue weighted by atomic mass is 16.5. The van der Waals surface area contributed by atoms with Gasteiger partial charge in [0.15, 0.2) is 11.5 Å². The van der Waals surface area contributed by atoms with Gasteiger partial charge in [-0.25, -0.2) is 9.80 Å². The summed E-state index contributed by atoms with van der Waals surface area (Å²) in [6.45, 7) is 2.42. The summed E-state index contributed by atoms with van der Waals surface area (Å²) in [4.78, 5) is 14.8. The van der Waals surface area contributed by atoms with Crippen molar-refractivity contribution < 1.29 is 19.0 Å². The Morgan fingerprint density at radius 2 is 1.67 bits per heavy atom. The highest BCUT2D eigenvalue weighted by Crippen LogP contribution is 2.34. The number of nitrogens with zero attached hydrogens (tertiary/aromatic N) is 3. The second kappa shape index (κ2) is 10.1. The molecule has 2 aliphatic rings. The van der Waals surface area contributed by atoms with Gasteiger partial charge >= 0.3 is 6.03 Å². The number of carbonyl (C=O) groups excluding carboxylic acids is 1. The van der Waals surface area contributed by atoms with Crippen LogP contribution in [0.15, 0.2) is 41.5 Å². The molecule has 0 radical (unpaired) electrons. The van der Waals surface area contributed by atoms with E-state index in [0.29, 0.717) is 30.6 Å². The van der Waals surface area contributed by atoms with E-state index < -0.39 is 0 Å². The normalized spacial score (nSPS) is 16.5. The fraction of sp³-hybridized carbons (Fsp3) is 0.440. The van der Waals surface area contributed by atoms with Crippen LogP contribution in [0.2, 0.25) is 0 Å². The number of anilines is 1. The molecule has 0 spiro atoms. The summed E-state index contributed by atoms with van der Waals surface area (Å²) in [5.41, 5.74) is 4.85. The van der Waals surface area contributed by atoms with Crippen molar-refractivity contribution in [1.82, 2.24) is 10.3 Å². The minimum atomic E-state index is -0.239. The number of amides is 2. The summed E-state index contributed by atoms with van der Waals surface area (Å²) in [6, 6.07) is 12.1. The van der Waals surface area contributed by atoms with Gasteiger partial charge in [0.05, 0.1) is 32.6 Å². The maximum atomic E-state index is 12.4. The van der Waals surface area contributed by atoms with Crippen molar-refractivity contribution in [2.24, 2.45) is 5.10 Å². The molecule has 1 N–H and O–H groups in total. The van der Waals surface area contributed by atoms with E-state index in [2.05, 4.69) is 34.5 Å². The lowest BCUT2D eigenvalue weighted by atomic mass is 9.95. The summed E-state index contributed by atoms with van der Waals surface area (Å²) >= 11 is 0. The third-order valence-electron chi connectivity index (χ3n) is 6.41.